The average Bonchev–Trinajstić information content (AvgIpc) is 0.794. The lowest BCUT2D eigenvalue weighted by Crippen LogP contribution is -2.57. The van der Waals surface area contributed by atoms with Gasteiger partial charge in [-0.15, -0.1) is 0 Å². The number of pyridine rings is 2. The molecule has 0 aliphatic heterocycles. The molecule has 16 N–H and O–H groups in total. The van der Waals surface area contributed by atoms with Crippen LogP contribution in [0.2, 0.25) is 0 Å². The van der Waals surface area contributed by atoms with Crippen LogP contribution in [-0.2, 0) is 66.6 Å². The van der Waals surface area contributed by atoms with Crippen molar-refractivity contribution in [1.82, 2.24) is 21.6 Å². The Morgan fingerprint density at radius 3 is 1.60 bits per heavy atom. The number of primary amides is 2. The minimum absolute atomic E-state index is 0.0111. The van der Waals surface area contributed by atoms with Gasteiger partial charge in [-0.3, -0.25) is 70.3 Å². The average molecular weight is 1460 g/mol. The highest BCUT2D eigenvalue weighted by molar-refractivity contribution is 7.93. The van der Waals surface area contributed by atoms with E-state index in [0.717, 1.165) is 63.1 Å². The number of anilines is 6. The Morgan fingerprint density at radius 1 is 0.580 bits per heavy atom. The van der Waals surface area contributed by atoms with E-state index in [1.807, 2.05) is 10.9 Å². The molecule has 6 rings (SSSR count). The first-order chi connectivity index (χ1) is 47.0. The van der Waals surface area contributed by atoms with Gasteiger partial charge in [-0.1, -0.05) is 25.0 Å². The number of nitrogens with one attached hydrogen (secondary N) is 10. The number of benzene rings is 4. The minimum Gasteiger partial charge on any atom is -0.494 e. The van der Waals surface area contributed by atoms with Crippen LogP contribution in [0.1, 0.15) is 62.3 Å². The van der Waals surface area contributed by atoms with Crippen LogP contribution in [0.25, 0.3) is 6.20 Å². The van der Waals surface area contributed by atoms with Crippen LogP contribution < -0.4 is 83.0 Å². The third-order valence-electron chi connectivity index (χ3n) is 13.3. The monoisotopic (exact) mass is 1460 g/mol. The van der Waals surface area contributed by atoms with Gasteiger partial charge >= 0.3 is 59.6 Å². The summed E-state index contributed by atoms with van der Waals surface area (Å²) in [6.45, 7) is 0.619. The first-order valence-corrected chi connectivity index (χ1v) is 31.4. The Kier molecular flexibility index (Phi) is 26.1. The maximum atomic E-state index is 13.9. The van der Waals surface area contributed by atoms with Crippen molar-refractivity contribution in [3.63, 3.8) is 0 Å². The van der Waals surface area contributed by atoms with Crippen LogP contribution in [-0.4, -0.2) is 132 Å². The number of carbonyl (C=O) groups is 7. The summed E-state index contributed by atoms with van der Waals surface area (Å²) in [5, 5.41) is 19.6. The number of methoxy groups -OCH3 is 2. The van der Waals surface area contributed by atoms with E-state index in [-0.39, 0.29) is 98.4 Å². The Bertz CT molecular complexity index is 4350. The topological polar surface area (TPSA) is 457 Å². The minimum atomic E-state index is -5.75. The van der Waals surface area contributed by atoms with Crippen molar-refractivity contribution in [2.24, 2.45) is 11.5 Å². The van der Waals surface area contributed by atoms with Gasteiger partial charge in [-0.05, 0) is 95.6 Å². The molecule has 5 amide bonds. The first-order valence-electron chi connectivity index (χ1n) is 28.5. The summed E-state index contributed by atoms with van der Waals surface area (Å²) in [4.78, 5) is 92.8. The van der Waals surface area contributed by atoms with Crippen LogP contribution in [0.3, 0.4) is 0 Å². The second kappa shape index (κ2) is 33.7. The largest absolute Gasteiger partial charge is 0.494 e. The molecule has 2 aromatic heterocycles. The van der Waals surface area contributed by atoms with Crippen LogP contribution in [0, 0.1) is 0 Å². The van der Waals surface area contributed by atoms with E-state index in [1.54, 1.807) is 6.20 Å². The number of hydrogen-bond acceptors (Lipinski definition) is 20. The zero-order chi connectivity index (χ0) is 73.8. The number of aliphatic carboxylic acids is 2. The standard InChI is InChI=1S/C58H58F8N14O18S2/c1-94-46-27-40(13-15-44(46)71-73-51(84)55(59,60)57(63,64)53(86)87)77-99(90,91)42-11-7-9-38(25-42)75-96-21-19-79-29-34(23-35(30-79)48(67)81)33-98-70-18-6-4-3-5-17-69-50(83)37-24-36(49(68)82)31-80(32-37)20-22-97-76-39-10-8-12-43(26-39)100(92,93)78-41-14-16-45(47(28-41)95-2)72-74-52(85)56(61,62)58(65,66)54(88)89/h7-16,19,23-32,70-72,75-78H,3-6,17-18,20,22,33H2,1-2H3,(H6-3,67,68,69,73,74,81,82,83,84,85,86,87,88,89)/p+3. The number of hydrogen-bond donors (Lipinski definition) is 14. The van der Waals surface area contributed by atoms with Crippen LogP contribution >= 0.6 is 0 Å². The van der Waals surface area contributed by atoms with Gasteiger partial charge in [0.05, 0.1) is 59.1 Å². The number of nitrogens with two attached hydrogens (primary N) is 2. The van der Waals surface area contributed by atoms with Crippen LogP contribution in [0.15, 0.2) is 132 Å². The molecule has 4 aromatic carbocycles. The fourth-order valence-corrected chi connectivity index (χ4v) is 10.4. The molecule has 100 heavy (non-hydrogen) atoms. The Hall–Kier alpha value is -11.5. The summed E-state index contributed by atoms with van der Waals surface area (Å²) in [5.74, 6) is -34.9. The summed E-state index contributed by atoms with van der Waals surface area (Å²) >= 11 is 0. The highest BCUT2D eigenvalue weighted by Crippen LogP contribution is 2.37. The number of nitrogens with zero attached hydrogens (tertiary/aromatic N) is 2. The Balaban J connectivity index is 0.903. The van der Waals surface area contributed by atoms with E-state index < -0.39 is 85.2 Å². The molecule has 0 aliphatic carbocycles. The number of amides is 5. The molecule has 0 unspecified atom stereocenters. The number of aromatic nitrogens is 2. The molecule has 0 spiro atoms. The second-order valence-corrected chi connectivity index (χ2v) is 23.9. The van der Waals surface area contributed by atoms with Crippen molar-refractivity contribution in [1.29, 1.82) is 0 Å². The Labute approximate surface area is 560 Å². The van der Waals surface area contributed by atoms with Gasteiger partial charge in [0.15, 0.2) is 31.3 Å². The van der Waals surface area contributed by atoms with Crippen molar-refractivity contribution in [3.8, 4) is 11.5 Å². The number of unbranched alkanes of at least 4 members (excludes halogenated alkanes) is 3. The summed E-state index contributed by atoms with van der Waals surface area (Å²) in [6.07, 6.45) is 9.69. The number of halogens is 8. The summed E-state index contributed by atoms with van der Waals surface area (Å²) in [5.41, 5.74) is 25.3. The zero-order valence-corrected chi connectivity index (χ0v) is 53.4. The van der Waals surface area contributed by atoms with E-state index >= 15 is 0 Å². The van der Waals surface area contributed by atoms with E-state index in [1.165, 1.54) is 99.4 Å². The van der Waals surface area contributed by atoms with E-state index in [0.29, 0.717) is 31.4 Å². The smallest absolute Gasteiger partial charge is 0.473 e. The molecule has 6 aromatic rings. The summed E-state index contributed by atoms with van der Waals surface area (Å²) < 4.78 is 185. The number of hydrazine groups is 2. The summed E-state index contributed by atoms with van der Waals surface area (Å²) in [7, 11) is -6.59. The third kappa shape index (κ3) is 20.5. The van der Waals surface area contributed by atoms with Crippen molar-refractivity contribution in [3.05, 3.63) is 144 Å². The normalized spacial score (nSPS) is 11.7. The summed E-state index contributed by atoms with van der Waals surface area (Å²) in [6, 6.07) is 19.5. The number of hydroxylamine groups is 1. The van der Waals surface area contributed by atoms with Gasteiger partial charge in [0.1, 0.15) is 40.5 Å². The molecule has 2 heterocycles. The fourth-order valence-electron chi connectivity index (χ4n) is 8.18. The van der Waals surface area contributed by atoms with Crippen LogP contribution in [0.4, 0.5) is 69.2 Å². The molecule has 42 heteroatoms. The van der Waals surface area contributed by atoms with Gasteiger partial charge < -0.3 is 36.5 Å². The molecule has 0 atom stereocenters. The van der Waals surface area contributed by atoms with Crippen molar-refractivity contribution in [2.45, 2.75) is 72.3 Å². The Morgan fingerprint density at radius 2 is 1.08 bits per heavy atom. The van der Waals surface area contributed by atoms with Gasteiger partial charge in [-0.2, -0.15) is 39.7 Å². The number of carboxylic acids is 2. The van der Waals surface area contributed by atoms with Crippen molar-refractivity contribution in [2.75, 3.05) is 65.2 Å². The maximum absolute atomic E-state index is 13.9. The molecule has 0 bridgehead atoms. The van der Waals surface area contributed by atoms with Crippen LogP contribution in [0.5, 0.6) is 11.5 Å². The lowest BCUT2D eigenvalue weighted by atomic mass is 10.1. The molecule has 0 fully saturated rings. The van der Waals surface area contributed by atoms with E-state index in [2.05, 4.69) is 37.1 Å². The van der Waals surface area contributed by atoms with E-state index in [9.17, 15) is 85.5 Å². The molecule has 0 aliphatic rings. The molecule has 536 valence electrons. The SMILES string of the molecule is COc1cc(NS(=O)(=O)c2cccc(NOCC[n+]3cc(C(N)=O)cc(C(=O)NCCCCCCNOCc4cc(C(N)=O)c[n+](C=C=[O+]Nc5cccc(S(=O)(=O)Nc6ccc(NNC(=O)C(F)(F)C(F)(F)C(=O)O)c(OC)c6)c5)c4)c3)c2)ccc1NNC(=O)C(F)(F)C(F)(F)C(=O)O. The molecule has 0 saturated carbocycles. The van der Waals surface area contributed by atoms with Gasteiger partial charge in [0.2, 0.25) is 0 Å². The molecule has 0 saturated heterocycles. The number of sulfonamides is 2. The van der Waals surface area contributed by atoms with Crippen molar-refractivity contribution < 1.29 is 129 Å². The quantitative estimate of drug-likeness (QED) is 0.00654. The number of carbonyl (C=O) groups excluding carboxylic acids is 6. The van der Waals surface area contributed by atoms with Gasteiger partial charge in [0.25, 0.3) is 37.8 Å². The highest BCUT2D eigenvalue weighted by Gasteiger charge is 2.68. The molecular formula is C58H61F8N14O18S2+3. The van der Waals surface area contributed by atoms with Crippen molar-refractivity contribution >= 4 is 108 Å². The number of alkyl halides is 8. The number of ether oxygens (including phenoxy) is 2. The third-order valence-corrected chi connectivity index (χ3v) is 16.1. The predicted molar refractivity (Wildman–Crippen MR) is 333 cm³/mol. The molecular weight excluding hydrogens is 1400 g/mol. The van der Waals surface area contributed by atoms with Gasteiger partial charge in [-0.25, -0.2) is 36.5 Å². The number of carboxylic acid groups (broad SMARTS) is 2. The number of rotatable bonds is 39. The van der Waals surface area contributed by atoms with Gasteiger partial charge in [0, 0.05) is 30.8 Å². The van der Waals surface area contributed by atoms with E-state index in [4.69, 9.17) is 45.4 Å². The maximum Gasteiger partial charge on any atom is 0.473 e. The lowest BCUT2D eigenvalue weighted by Gasteiger charge is -2.22. The predicted octanol–water partition coefficient (Wildman–Crippen LogP) is 3.60. The highest BCUT2D eigenvalue weighted by atomic mass is 32.2. The first kappa shape index (κ1) is 77.5. The second-order valence-electron chi connectivity index (χ2n) is 20.6. The lowest BCUT2D eigenvalue weighted by molar-refractivity contribution is -0.698. The molecule has 32 nitrogen and oxygen atoms in total. The zero-order valence-electron chi connectivity index (χ0n) is 51.8. The molecule has 0 radical (unpaired) electrons. The fraction of sp³-hybridized carbons (Fsp3) is 0.259.